The van der Waals surface area contributed by atoms with E-state index in [0.29, 0.717) is 12.3 Å². The number of carbonyl (C=O) groups is 3. The van der Waals surface area contributed by atoms with Gasteiger partial charge in [-0.2, -0.15) is 0 Å². The highest BCUT2D eigenvalue weighted by Gasteiger charge is 2.52. The van der Waals surface area contributed by atoms with Crippen LogP contribution >= 0.6 is 0 Å². The molecule has 38 heavy (non-hydrogen) atoms. The van der Waals surface area contributed by atoms with Crippen LogP contribution in [0, 0.1) is 11.8 Å². The van der Waals surface area contributed by atoms with Crippen molar-refractivity contribution >= 4 is 17.9 Å². The minimum Gasteiger partial charge on any atom is -0.475 e. The van der Waals surface area contributed by atoms with Crippen molar-refractivity contribution in [1.82, 2.24) is 0 Å². The van der Waals surface area contributed by atoms with Crippen LogP contribution in [-0.4, -0.2) is 46.8 Å². The van der Waals surface area contributed by atoms with Gasteiger partial charge in [-0.1, -0.05) is 65.2 Å². The van der Waals surface area contributed by atoms with Gasteiger partial charge < -0.3 is 24.1 Å². The summed E-state index contributed by atoms with van der Waals surface area (Å²) in [7, 11) is 0. The second-order valence-electron chi connectivity index (χ2n) is 10.9. The van der Waals surface area contributed by atoms with Crippen LogP contribution in [0.2, 0.25) is 0 Å². The fourth-order valence-electron chi connectivity index (χ4n) is 5.39. The molecule has 1 aliphatic carbocycles. The molecular weight excluding hydrogens is 488 g/mol. The quantitative estimate of drug-likeness (QED) is 0.0975. The van der Waals surface area contributed by atoms with Gasteiger partial charge in [0.2, 0.25) is 0 Å². The van der Waals surface area contributed by atoms with E-state index >= 15 is 0 Å². The van der Waals surface area contributed by atoms with Crippen LogP contribution in [0.5, 0.6) is 0 Å². The molecule has 0 aromatic rings. The van der Waals surface area contributed by atoms with Gasteiger partial charge in [0.25, 0.3) is 0 Å². The third kappa shape index (κ3) is 8.67. The van der Waals surface area contributed by atoms with Gasteiger partial charge in [0.05, 0.1) is 12.2 Å². The van der Waals surface area contributed by atoms with Gasteiger partial charge in [-0.25, -0.2) is 4.79 Å². The smallest absolute Gasteiger partial charge is 0.395 e. The molecule has 0 bridgehead atoms. The molecular formula is C30H48O8. The number of carboxylic acid groups (broad SMARTS) is 1. The number of hydrogen-bond acceptors (Lipinski definition) is 7. The van der Waals surface area contributed by atoms with Gasteiger partial charge in [0, 0.05) is 24.3 Å². The van der Waals surface area contributed by atoms with Crippen LogP contribution in [0.3, 0.4) is 0 Å². The predicted molar refractivity (Wildman–Crippen MR) is 144 cm³/mol. The van der Waals surface area contributed by atoms with E-state index in [1.165, 1.54) is 25.7 Å². The standard InChI is InChI=1S/C30H48O8/c1-7-10-11-12-13-14-19-23-22(20-24-27(23)38-29(5,6)35-24)18-16-15-17-21(4)30(28(33)34,36-25(31)8-2)37-26(32)9-3/h14,19,22-24,27H,4,7-13,15-18,20H2,1-3,5-6H3,(H,33,34)/t22-,23+,24+,27-/m0/s1. The summed E-state index contributed by atoms with van der Waals surface area (Å²) in [6, 6.07) is 0. The Labute approximate surface area is 228 Å². The summed E-state index contributed by atoms with van der Waals surface area (Å²) in [6.07, 6.45) is 14.1. The lowest BCUT2D eigenvalue weighted by Crippen LogP contribution is -2.48. The molecule has 1 saturated carbocycles. The first-order valence-corrected chi connectivity index (χ1v) is 14.4. The average Bonchev–Trinajstić information content (AvgIpc) is 3.33. The zero-order valence-electron chi connectivity index (χ0n) is 24.0. The topological polar surface area (TPSA) is 108 Å². The van der Waals surface area contributed by atoms with Crippen LogP contribution in [0.1, 0.15) is 112 Å². The van der Waals surface area contributed by atoms with Crippen molar-refractivity contribution in [3.8, 4) is 0 Å². The minimum atomic E-state index is -2.50. The first kappa shape index (κ1) is 32.0. The lowest BCUT2D eigenvalue weighted by Gasteiger charge is -2.30. The molecule has 216 valence electrons. The monoisotopic (exact) mass is 536 g/mol. The summed E-state index contributed by atoms with van der Waals surface area (Å²) in [4.78, 5) is 36.1. The molecule has 0 aromatic carbocycles. The first-order chi connectivity index (χ1) is 18.0. The van der Waals surface area contributed by atoms with Crippen molar-refractivity contribution in [2.75, 3.05) is 0 Å². The number of rotatable bonds is 17. The second kappa shape index (κ2) is 14.8. The Bertz CT molecular complexity index is 827. The summed E-state index contributed by atoms with van der Waals surface area (Å²) in [5, 5.41) is 9.88. The van der Waals surface area contributed by atoms with Crippen molar-refractivity contribution in [2.45, 2.75) is 135 Å². The molecule has 8 nitrogen and oxygen atoms in total. The van der Waals surface area contributed by atoms with E-state index in [1.807, 2.05) is 13.8 Å². The van der Waals surface area contributed by atoms with E-state index in [4.69, 9.17) is 18.9 Å². The second-order valence-corrected chi connectivity index (χ2v) is 10.9. The molecule has 4 atom stereocenters. The highest BCUT2D eigenvalue weighted by molar-refractivity contribution is 5.86. The molecule has 1 N–H and O–H groups in total. The van der Waals surface area contributed by atoms with Gasteiger partial charge in [0.1, 0.15) is 0 Å². The number of carbonyl (C=O) groups excluding carboxylic acids is 2. The number of allylic oxidation sites excluding steroid dienone is 1. The van der Waals surface area contributed by atoms with Crippen LogP contribution in [0.25, 0.3) is 0 Å². The number of aliphatic carboxylic acids is 1. The third-order valence-corrected chi connectivity index (χ3v) is 7.41. The van der Waals surface area contributed by atoms with Crippen molar-refractivity contribution in [3.05, 3.63) is 24.3 Å². The number of ether oxygens (including phenoxy) is 4. The zero-order valence-corrected chi connectivity index (χ0v) is 24.0. The normalized spacial score (nSPS) is 24.3. The fourth-order valence-corrected chi connectivity index (χ4v) is 5.39. The Morgan fingerprint density at radius 1 is 1.00 bits per heavy atom. The summed E-state index contributed by atoms with van der Waals surface area (Å²) in [5.41, 5.74) is 0.0498. The van der Waals surface area contributed by atoms with Crippen LogP contribution in [0.15, 0.2) is 24.3 Å². The maximum atomic E-state index is 12.1. The summed E-state index contributed by atoms with van der Waals surface area (Å²) in [6.45, 7) is 13.1. The highest BCUT2D eigenvalue weighted by atomic mass is 16.8. The lowest BCUT2D eigenvalue weighted by molar-refractivity contribution is -0.226. The third-order valence-electron chi connectivity index (χ3n) is 7.41. The van der Waals surface area contributed by atoms with E-state index in [-0.39, 0.29) is 43.0 Å². The zero-order chi connectivity index (χ0) is 28.3. The molecule has 2 aliphatic rings. The fraction of sp³-hybridized carbons (Fsp3) is 0.767. The predicted octanol–water partition coefficient (Wildman–Crippen LogP) is 6.47. The molecule has 1 saturated heterocycles. The van der Waals surface area contributed by atoms with Gasteiger partial charge in [-0.15, -0.1) is 0 Å². The van der Waals surface area contributed by atoms with E-state index in [0.717, 1.165) is 25.7 Å². The highest BCUT2D eigenvalue weighted by Crippen LogP contribution is 2.47. The molecule has 0 radical (unpaired) electrons. The number of unbranched alkanes of at least 4 members (excludes halogenated alkanes) is 5. The Hall–Kier alpha value is -2.19. The van der Waals surface area contributed by atoms with Crippen LogP contribution in [-0.2, 0) is 33.3 Å². The number of esters is 2. The Morgan fingerprint density at radius 3 is 2.24 bits per heavy atom. The van der Waals surface area contributed by atoms with Gasteiger partial charge in [0.15, 0.2) is 5.79 Å². The van der Waals surface area contributed by atoms with Gasteiger partial charge in [-0.05, 0) is 58.3 Å². The molecule has 2 rings (SSSR count). The molecule has 0 amide bonds. The minimum absolute atomic E-state index is 0.0402. The van der Waals surface area contributed by atoms with E-state index in [1.54, 1.807) is 13.8 Å². The van der Waals surface area contributed by atoms with E-state index < -0.39 is 29.5 Å². The van der Waals surface area contributed by atoms with Crippen LogP contribution < -0.4 is 0 Å². The summed E-state index contributed by atoms with van der Waals surface area (Å²) >= 11 is 0. The number of fused-ring (bicyclic) bond motifs is 1. The number of carboxylic acids is 1. The summed E-state index contributed by atoms with van der Waals surface area (Å²) < 4.78 is 22.8. The number of hydrogen-bond donors (Lipinski definition) is 1. The molecule has 8 heteroatoms. The SMILES string of the molecule is C=C(CCCC[C@H]1C[C@H]2OC(C)(C)O[C@H]2[C@@H]1C=CCCCCCC)C(OC(=O)CC)(OC(=O)CC)C(=O)O. The molecule has 2 fully saturated rings. The van der Waals surface area contributed by atoms with E-state index in [2.05, 4.69) is 25.7 Å². The average molecular weight is 537 g/mol. The van der Waals surface area contributed by atoms with Crippen LogP contribution in [0.4, 0.5) is 0 Å². The van der Waals surface area contributed by atoms with Gasteiger partial charge in [-0.3, -0.25) is 9.59 Å². The Morgan fingerprint density at radius 2 is 1.66 bits per heavy atom. The summed E-state index contributed by atoms with van der Waals surface area (Å²) in [5.74, 6) is -5.52. The van der Waals surface area contributed by atoms with Crippen molar-refractivity contribution < 1.29 is 38.4 Å². The Kier molecular flexibility index (Phi) is 12.5. The molecule has 0 spiro atoms. The van der Waals surface area contributed by atoms with Crippen molar-refractivity contribution in [1.29, 1.82) is 0 Å². The molecule has 1 aliphatic heterocycles. The molecule has 1 heterocycles. The van der Waals surface area contributed by atoms with Crippen molar-refractivity contribution in [3.63, 3.8) is 0 Å². The van der Waals surface area contributed by atoms with E-state index in [9.17, 15) is 19.5 Å². The molecule has 0 unspecified atom stereocenters. The largest absolute Gasteiger partial charge is 0.475 e. The maximum absolute atomic E-state index is 12.1. The first-order valence-electron chi connectivity index (χ1n) is 14.4. The Balaban J connectivity index is 2.00. The van der Waals surface area contributed by atoms with Gasteiger partial charge >= 0.3 is 23.7 Å². The maximum Gasteiger partial charge on any atom is 0.395 e. The lowest BCUT2D eigenvalue weighted by atomic mass is 9.88. The van der Waals surface area contributed by atoms with Crippen molar-refractivity contribution in [2.24, 2.45) is 11.8 Å². The molecule has 0 aromatic heterocycles.